The van der Waals surface area contributed by atoms with Crippen molar-refractivity contribution in [3.8, 4) is 17.2 Å². The Morgan fingerprint density at radius 3 is 2.38 bits per heavy atom. The number of hydrogen-bond donors (Lipinski definition) is 3. The van der Waals surface area contributed by atoms with Crippen molar-refractivity contribution in [2.24, 2.45) is 11.7 Å². The maximum atomic E-state index is 10.4. The highest BCUT2D eigenvalue weighted by Crippen LogP contribution is 2.42. The van der Waals surface area contributed by atoms with E-state index in [1.807, 2.05) is 18.2 Å². The van der Waals surface area contributed by atoms with E-state index < -0.39 is 0 Å². The number of methoxy groups -OCH3 is 1. The van der Waals surface area contributed by atoms with E-state index in [4.69, 9.17) is 15.2 Å². The zero-order chi connectivity index (χ0) is 21.1. The zero-order valence-electron chi connectivity index (χ0n) is 18.4. The number of phenolic OH excluding ortho intramolecular Hbond substituents is 2. The maximum absolute atomic E-state index is 10.4. The number of aromatic hydroxyl groups is 2. The summed E-state index contributed by atoms with van der Waals surface area (Å²) in [6.07, 6.45) is 3.60. The molecule has 0 saturated carbocycles. The molecule has 0 spiro atoms. The molecule has 0 amide bonds. The molecule has 8 heteroatoms. The lowest BCUT2D eigenvalue weighted by Crippen LogP contribution is -2.42. The number of fused-ring (bicyclic) bond motifs is 1. The van der Waals surface area contributed by atoms with Gasteiger partial charge in [0.05, 0.1) is 19.3 Å². The normalized spacial score (nSPS) is 21.2. The molecule has 4 rings (SSSR count). The predicted molar refractivity (Wildman–Crippen MR) is 131 cm³/mol. The average Bonchev–Trinajstić information content (AvgIpc) is 2.80. The number of phenols is 2. The van der Waals surface area contributed by atoms with Crippen LogP contribution in [0.25, 0.3) is 0 Å². The van der Waals surface area contributed by atoms with Crippen molar-refractivity contribution in [2.45, 2.75) is 37.9 Å². The minimum Gasteiger partial charge on any atom is -0.504 e. The van der Waals surface area contributed by atoms with Gasteiger partial charge in [0.2, 0.25) is 0 Å². The highest BCUT2D eigenvalue weighted by atomic mass is 35.5. The second kappa shape index (κ2) is 12.0. The van der Waals surface area contributed by atoms with Gasteiger partial charge in [-0.05, 0) is 67.6 Å². The van der Waals surface area contributed by atoms with Crippen LogP contribution in [0.3, 0.4) is 0 Å². The molecule has 0 unspecified atom stereocenters. The maximum Gasteiger partial charge on any atom is 0.161 e. The molecule has 2 atom stereocenters. The van der Waals surface area contributed by atoms with Crippen molar-refractivity contribution in [1.82, 2.24) is 4.90 Å². The van der Waals surface area contributed by atoms with Gasteiger partial charge in [-0.15, -0.1) is 24.8 Å². The number of piperidine rings is 1. The fourth-order valence-corrected chi connectivity index (χ4v) is 4.78. The van der Waals surface area contributed by atoms with Crippen molar-refractivity contribution in [3.05, 3.63) is 53.1 Å². The molecule has 2 aromatic carbocycles. The van der Waals surface area contributed by atoms with Crippen molar-refractivity contribution < 1.29 is 19.7 Å². The highest BCUT2D eigenvalue weighted by Gasteiger charge is 2.35. The van der Waals surface area contributed by atoms with Crippen molar-refractivity contribution in [1.29, 1.82) is 0 Å². The third-order valence-electron chi connectivity index (χ3n) is 6.64. The number of benzene rings is 2. The van der Waals surface area contributed by atoms with E-state index in [2.05, 4.69) is 17.0 Å². The van der Waals surface area contributed by atoms with Gasteiger partial charge in [0.1, 0.15) is 5.75 Å². The summed E-state index contributed by atoms with van der Waals surface area (Å²) in [5.41, 5.74) is 8.97. The smallest absolute Gasteiger partial charge is 0.161 e. The highest BCUT2D eigenvalue weighted by molar-refractivity contribution is 5.85. The minimum absolute atomic E-state index is 0. The number of ether oxygens (including phenoxy) is 2. The van der Waals surface area contributed by atoms with Crippen LogP contribution >= 0.6 is 24.8 Å². The van der Waals surface area contributed by atoms with E-state index in [-0.39, 0.29) is 48.5 Å². The number of likely N-dealkylation sites (tertiary alicyclic amines) is 1. The SMILES string of the molecule is COc1ccc(CCN2CCC([C@@H]3Cc4c(ccc(O)c4O)[C@H](CN)O3)CC2)cc1.Cl.Cl. The second-order valence-electron chi connectivity index (χ2n) is 8.38. The summed E-state index contributed by atoms with van der Waals surface area (Å²) >= 11 is 0. The van der Waals surface area contributed by atoms with E-state index in [9.17, 15) is 10.2 Å². The van der Waals surface area contributed by atoms with Gasteiger partial charge < -0.3 is 30.3 Å². The number of rotatable bonds is 6. The Bertz CT molecular complexity index is 858. The molecule has 4 N–H and O–H groups in total. The molecule has 0 aromatic heterocycles. The van der Waals surface area contributed by atoms with E-state index >= 15 is 0 Å². The summed E-state index contributed by atoms with van der Waals surface area (Å²) in [5.74, 6) is 1.24. The molecule has 0 bridgehead atoms. The Morgan fingerprint density at radius 2 is 1.75 bits per heavy atom. The molecule has 32 heavy (non-hydrogen) atoms. The van der Waals surface area contributed by atoms with Crippen LogP contribution in [-0.4, -0.2) is 54.5 Å². The molecule has 178 valence electrons. The van der Waals surface area contributed by atoms with Crippen LogP contribution in [-0.2, 0) is 17.6 Å². The van der Waals surface area contributed by atoms with Gasteiger partial charge >= 0.3 is 0 Å². The van der Waals surface area contributed by atoms with Crippen LogP contribution < -0.4 is 10.5 Å². The fraction of sp³-hybridized carbons (Fsp3) is 0.500. The van der Waals surface area contributed by atoms with Gasteiger partial charge in [-0.2, -0.15) is 0 Å². The van der Waals surface area contributed by atoms with Crippen molar-refractivity contribution >= 4 is 24.8 Å². The Kier molecular flexibility index (Phi) is 9.92. The summed E-state index contributed by atoms with van der Waals surface area (Å²) < 4.78 is 11.6. The lowest BCUT2D eigenvalue weighted by Gasteiger charge is -2.40. The van der Waals surface area contributed by atoms with Crippen LogP contribution in [0.1, 0.15) is 35.6 Å². The first-order valence-electron chi connectivity index (χ1n) is 10.8. The van der Waals surface area contributed by atoms with E-state index in [0.717, 1.165) is 55.8 Å². The van der Waals surface area contributed by atoms with Gasteiger partial charge in [-0.1, -0.05) is 18.2 Å². The van der Waals surface area contributed by atoms with E-state index in [1.54, 1.807) is 7.11 Å². The molecule has 0 radical (unpaired) electrons. The number of nitrogens with zero attached hydrogens (tertiary/aromatic N) is 1. The van der Waals surface area contributed by atoms with Gasteiger partial charge in [-0.3, -0.25) is 0 Å². The Labute approximate surface area is 202 Å². The first-order valence-corrected chi connectivity index (χ1v) is 10.8. The first-order chi connectivity index (χ1) is 14.6. The standard InChI is InChI=1S/C24H32N2O4.2ClH/c1-29-18-4-2-16(3-5-18)8-11-26-12-9-17(10-13-26)22-14-20-19(23(15-25)30-22)6-7-21(27)24(20)28;;/h2-7,17,22-23,27-28H,8-15,25H2,1H3;2*1H/t22-,23-;;/m0../s1. The van der Waals surface area contributed by atoms with Crippen molar-refractivity contribution in [2.75, 3.05) is 33.3 Å². The Morgan fingerprint density at radius 1 is 1.06 bits per heavy atom. The number of nitrogens with two attached hydrogens (primary N) is 1. The number of halogens is 2. The van der Waals surface area contributed by atoms with Crippen LogP contribution in [0.5, 0.6) is 17.2 Å². The van der Waals surface area contributed by atoms with Crippen LogP contribution in [0.15, 0.2) is 36.4 Å². The lowest BCUT2D eigenvalue weighted by molar-refractivity contribution is -0.0646. The lowest BCUT2D eigenvalue weighted by atomic mass is 9.83. The third-order valence-corrected chi connectivity index (χ3v) is 6.64. The molecule has 6 nitrogen and oxygen atoms in total. The topological polar surface area (TPSA) is 88.2 Å². The Hall–Kier alpha value is -1.70. The molecule has 1 fully saturated rings. The molecule has 2 aliphatic heterocycles. The summed E-state index contributed by atoms with van der Waals surface area (Å²) in [6, 6.07) is 11.6. The quantitative estimate of drug-likeness (QED) is 0.539. The van der Waals surface area contributed by atoms with E-state index in [0.29, 0.717) is 18.9 Å². The number of hydrogen-bond acceptors (Lipinski definition) is 6. The van der Waals surface area contributed by atoms with Crippen LogP contribution in [0.4, 0.5) is 0 Å². The molecule has 0 aliphatic carbocycles. The molecule has 2 aromatic rings. The minimum atomic E-state index is -0.224. The summed E-state index contributed by atoms with van der Waals surface area (Å²) in [5, 5.41) is 20.3. The molecular formula is C24H34Cl2N2O4. The average molecular weight is 485 g/mol. The van der Waals surface area contributed by atoms with Gasteiger partial charge in [-0.25, -0.2) is 0 Å². The summed E-state index contributed by atoms with van der Waals surface area (Å²) in [7, 11) is 1.69. The second-order valence-corrected chi connectivity index (χ2v) is 8.38. The zero-order valence-corrected chi connectivity index (χ0v) is 20.0. The summed E-state index contributed by atoms with van der Waals surface area (Å²) in [6.45, 7) is 3.52. The first kappa shape index (κ1) is 26.6. The summed E-state index contributed by atoms with van der Waals surface area (Å²) in [4.78, 5) is 2.52. The fourth-order valence-electron chi connectivity index (χ4n) is 4.78. The predicted octanol–water partition coefficient (Wildman–Crippen LogP) is 3.85. The van der Waals surface area contributed by atoms with Gasteiger partial charge in [0, 0.05) is 25.1 Å². The van der Waals surface area contributed by atoms with Crippen molar-refractivity contribution in [3.63, 3.8) is 0 Å². The van der Waals surface area contributed by atoms with Crippen LogP contribution in [0, 0.1) is 5.92 Å². The Balaban J connectivity index is 0.00000181. The van der Waals surface area contributed by atoms with Gasteiger partial charge in [0.15, 0.2) is 11.5 Å². The molecule has 1 saturated heterocycles. The largest absolute Gasteiger partial charge is 0.504 e. The molecule has 2 aliphatic rings. The molecular weight excluding hydrogens is 451 g/mol. The van der Waals surface area contributed by atoms with E-state index in [1.165, 1.54) is 11.6 Å². The van der Waals surface area contributed by atoms with Gasteiger partial charge in [0.25, 0.3) is 0 Å². The third kappa shape index (κ3) is 5.80. The monoisotopic (exact) mass is 484 g/mol. The molecule has 2 heterocycles. The van der Waals surface area contributed by atoms with Crippen LogP contribution in [0.2, 0.25) is 0 Å².